The fraction of sp³-hybridized carbons (Fsp3) is 0.259. The first kappa shape index (κ1) is 23.5. The van der Waals surface area contributed by atoms with Crippen LogP contribution in [0.2, 0.25) is 0 Å². The van der Waals surface area contributed by atoms with Crippen molar-refractivity contribution in [1.29, 1.82) is 0 Å². The van der Waals surface area contributed by atoms with E-state index in [1.54, 1.807) is 37.4 Å². The lowest BCUT2D eigenvalue weighted by atomic mass is 10.0. The van der Waals surface area contributed by atoms with Crippen molar-refractivity contribution in [2.24, 2.45) is 0 Å². The van der Waals surface area contributed by atoms with Crippen molar-refractivity contribution in [1.82, 2.24) is 4.90 Å². The van der Waals surface area contributed by atoms with Crippen LogP contribution in [0.1, 0.15) is 17.3 Å². The van der Waals surface area contributed by atoms with Gasteiger partial charge in [0, 0.05) is 24.3 Å². The maximum atomic E-state index is 12.8. The first-order valence-corrected chi connectivity index (χ1v) is 11.3. The molecule has 0 bridgehead atoms. The van der Waals surface area contributed by atoms with Gasteiger partial charge in [0.2, 0.25) is 5.91 Å². The molecule has 1 aliphatic heterocycles. The van der Waals surface area contributed by atoms with E-state index in [-0.39, 0.29) is 24.5 Å². The minimum atomic E-state index is -0.232. The number of anilines is 2. The normalized spacial score (nSPS) is 16.0. The highest BCUT2D eigenvalue weighted by Crippen LogP contribution is 2.28. The van der Waals surface area contributed by atoms with Gasteiger partial charge in [-0.1, -0.05) is 42.5 Å². The average molecular weight is 460 g/mol. The minimum absolute atomic E-state index is 0.108. The summed E-state index contributed by atoms with van der Waals surface area (Å²) < 4.78 is 10.9. The summed E-state index contributed by atoms with van der Waals surface area (Å²) in [5.74, 6) is 0.144. The molecule has 2 amide bonds. The Kier molecular flexibility index (Phi) is 7.57. The Labute approximate surface area is 199 Å². The van der Waals surface area contributed by atoms with E-state index in [1.165, 1.54) is 0 Å². The van der Waals surface area contributed by atoms with Crippen LogP contribution < -0.4 is 15.4 Å². The molecule has 0 aromatic heterocycles. The highest BCUT2D eigenvalue weighted by Gasteiger charge is 2.20. The Morgan fingerprint density at radius 3 is 2.44 bits per heavy atom. The van der Waals surface area contributed by atoms with Gasteiger partial charge in [-0.2, -0.15) is 0 Å². The Morgan fingerprint density at radius 1 is 1.00 bits per heavy atom. The zero-order valence-corrected chi connectivity index (χ0v) is 19.4. The van der Waals surface area contributed by atoms with Gasteiger partial charge in [-0.05, 0) is 48.4 Å². The second-order valence-corrected chi connectivity index (χ2v) is 8.28. The predicted molar refractivity (Wildman–Crippen MR) is 133 cm³/mol. The lowest BCUT2D eigenvalue weighted by Crippen LogP contribution is -2.44. The molecule has 1 saturated heterocycles. The highest BCUT2D eigenvalue weighted by molar-refractivity contribution is 6.05. The van der Waals surface area contributed by atoms with Crippen molar-refractivity contribution in [3.63, 3.8) is 0 Å². The average Bonchev–Trinajstić information content (AvgIpc) is 2.85. The number of methoxy groups -OCH3 is 1. The van der Waals surface area contributed by atoms with Crippen molar-refractivity contribution in [2.75, 3.05) is 44.0 Å². The summed E-state index contributed by atoms with van der Waals surface area (Å²) in [6.45, 7) is 4.30. The zero-order chi connectivity index (χ0) is 23.9. The van der Waals surface area contributed by atoms with Crippen molar-refractivity contribution in [3.8, 4) is 16.9 Å². The summed E-state index contributed by atoms with van der Waals surface area (Å²) in [4.78, 5) is 27.5. The van der Waals surface area contributed by atoms with Crippen molar-refractivity contribution < 1.29 is 19.1 Å². The molecule has 7 heteroatoms. The summed E-state index contributed by atoms with van der Waals surface area (Å²) in [5, 5.41) is 5.80. The third kappa shape index (κ3) is 6.01. The van der Waals surface area contributed by atoms with E-state index in [0.717, 1.165) is 11.1 Å². The fourth-order valence-electron chi connectivity index (χ4n) is 3.96. The van der Waals surface area contributed by atoms with Gasteiger partial charge in [-0.15, -0.1) is 0 Å². The molecule has 4 rings (SSSR count). The molecule has 7 nitrogen and oxygen atoms in total. The smallest absolute Gasteiger partial charge is 0.255 e. The summed E-state index contributed by atoms with van der Waals surface area (Å²) in [5.41, 5.74) is 3.75. The number of ether oxygens (including phenoxy) is 2. The highest BCUT2D eigenvalue weighted by atomic mass is 16.5. The molecule has 1 aliphatic rings. The molecule has 34 heavy (non-hydrogen) atoms. The van der Waals surface area contributed by atoms with Crippen LogP contribution >= 0.6 is 0 Å². The summed E-state index contributed by atoms with van der Waals surface area (Å²) >= 11 is 0. The topological polar surface area (TPSA) is 79.9 Å². The lowest BCUT2D eigenvalue weighted by molar-refractivity contribution is -0.119. The number of morpholine rings is 1. The molecular weight excluding hydrogens is 430 g/mol. The maximum absolute atomic E-state index is 12.8. The van der Waals surface area contributed by atoms with Gasteiger partial charge in [-0.3, -0.25) is 14.5 Å². The molecule has 1 unspecified atom stereocenters. The molecule has 3 aromatic rings. The van der Waals surface area contributed by atoms with Crippen LogP contribution in [0.5, 0.6) is 5.75 Å². The summed E-state index contributed by atoms with van der Waals surface area (Å²) in [7, 11) is 1.54. The van der Waals surface area contributed by atoms with Gasteiger partial charge < -0.3 is 20.1 Å². The molecule has 176 valence electrons. The van der Waals surface area contributed by atoms with E-state index in [9.17, 15) is 9.59 Å². The van der Waals surface area contributed by atoms with Crippen LogP contribution in [0.4, 0.5) is 11.4 Å². The van der Waals surface area contributed by atoms with Crippen LogP contribution in [0.25, 0.3) is 11.1 Å². The summed E-state index contributed by atoms with van der Waals surface area (Å²) in [6, 6.07) is 22.6. The van der Waals surface area contributed by atoms with Gasteiger partial charge in [0.15, 0.2) is 0 Å². The van der Waals surface area contributed by atoms with E-state index < -0.39 is 0 Å². The Bertz CT molecular complexity index is 1130. The molecule has 0 saturated carbocycles. The lowest BCUT2D eigenvalue weighted by Gasteiger charge is -2.30. The molecule has 0 aliphatic carbocycles. The first-order chi connectivity index (χ1) is 16.5. The number of nitrogens with one attached hydrogen (secondary N) is 2. The molecule has 2 N–H and O–H groups in total. The number of benzene rings is 3. The molecule has 1 heterocycles. The standard InChI is InChI=1S/C27H29N3O4/c1-19-17-30(14-15-34-19)18-26(31)29-24-16-23(12-13-25(24)33-2)28-27(32)22-10-8-21(9-11-22)20-6-4-3-5-7-20/h3-13,16,19H,14-15,17-18H2,1-2H3,(H,28,32)(H,29,31). The Hall–Kier alpha value is -3.68. The van der Waals surface area contributed by atoms with Crippen LogP contribution in [0, 0.1) is 0 Å². The van der Waals surface area contributed by atoms with E-state index in [2.05, 4.69) is 15.5 Å². The third-order valence-corrected chi connectivity index (χ3v) is 5.68. The van der Waals surface area contributed by atoms with Gasteiger partial charge in [0.05, 0.1) is 32.1 Å². The number of hydrogen-bond donors (Lipinski definition) is 2. The monoisotopic (exact) mass is 459 g/mol. The molecule has 0 spiro atoms. The number of rotatable bonds is 7. The number of amides is 2. The van der Waals surface area contributed by atoms with E-state index >= 15 is 0 Å². The maximum Gasteiger partial charge on any atom is 0.255 e. The number of carbonyl (C=O) groups excluding carboxylic acids is 2. The van der Waals surface area contributed by atoms with Crippen molar-refractivity contribution in [2.45, 2.75) is 13.0 Å². The quantitative estimate of drug-likeness (QED) is 0.552. The second kappa shape index (κ2) is 11.0. The van der Waals surface area contributed by atoms with E-state index in [1.807, 2.05) is 49.4 Å². The Morgan fingerprint density at radius 2 is 1.74 bits per heavy atom. The molecule has 1 fully saturated rings. The Balaban J connectivity index is 1.41. The minimum Gasteiger partial charge on any atom is -0.495 e. The second-order valence-electron chi connectivity index (χ2n) is 8.28. The van der Waals surface area contributed by atoms with Gasteiger partial charge >= 0.3 is 0 Å². The van der Waals surface area contributed by atoms with Crippen LogP contribution in [0.15, 0.2) is 72.8 Å². The summed E-state index contributed by atoms with van der Waals surface area (Å²) in [6.07, 6.45) is 0.108. The van der Waals surface area contributed by atoms with Gasteiger partial charge in [-0.25, -0.2) is 0 Å². The molecule has 1 atom stereocenters. The third-order valence-electron chi connectivity index (χ3n) is 5.68. The van der Waals surface area contributed by atoms with Crippen molar-refractivity contribution >= 4 is 23.2 Å². The van der Waals surface area contributed by atoms with Gasteiger partial charge in [0.1, 0.15) is 5.75 Å². The zero-order valence-electron chi connectivity index (χ0n) is 19.4. The van der Waals surface area contributed by atoms with E-state index in [4.69, 9.17) is 9.47 Å². The number of hydrogen-bond acceptors (Lipinski definition) is 5. The van der Waals surface area contributed by atoms with Crippen molar-refractivity contribution in [3.05, 3.63) is 78.4 Å². The number of nitrogens with zero attached hydrogens (tertiary/aromatic N) is 1. The molecular formula is C27H29N3O4. The molecule has 0 radical (unpaired) electrons. The largest absolute Gasteiger partial charge is 0.495 e. The van der Waals surface area contributed by atoms with Crippen LogP contribution in [-0.2, 0) is 9.53 Å². The van der Waals surface area contributed by atoms with Gasteiger partial charge in [0.25, 0.3) is 5.91 Å². The number of carbonyl (C=O) groups is 2. The SMILES string of the molecule is COc1ccc(NC(=O)c2ccc(-c3ccccc3)cc2)cc1NC(=O)CN1CCOC(C)C1. The van der Waals surface area contributed by atoms with E-state index in [0.29, 0.717) is 42.4 Å². The van der Waals surface area contributed by atoms with Crippen LogP contribution in [-0.4, -0.2) is 56.2 Å². The fourth-order valence-corrected chi connectivity index (χ4v) is 3.96. The first-order valence-electron chi connectivity index (χ1n) is 11.3. The predicted octanol–water partition coefficient (Wildman–Crippen LogP) is 4.27. The van der Waals surface area contributed by atoms with Crippen LogP contribution in [0.3, 0.4) is 0 Å². The molecule has 3 aromatic carbocycles.